The standard InChI is InChI=1S/C18H18N4O2S/c1-13(23)20-15(17-7-4-10-25-17)11-18(24)21-14-5-2-3-6-16(14)22-9-8-19-12-22/h2-10,12,15H,11H2,1H3,(H,20,23)(H,21,24). The maximum Gasteiger partial charge on any atom is 0.226 e. The number of anilines is 1. The van der Waals surface area contributed by atoms with E-state index in [9.17, 15) is 9.59 Å². The first kappa shape index (κ1) is 16.9. The molecule has 3 aromatic rings. The molecule has 2 heterocycles. The summed E-state index contributed by atoms with van der Waals surface area (Å²) in [5, 5.41) is 7.69. The fourth-order valence-corrected chi connectivity index (χ4v) is 3.33. The molecule has 7 heteroatoms. The van der Waals surface area contributed by atoms with E-state index in [0.29, 0.717) is 5.69 Å². The summed E-state index contributed by atoms with van der Waals surface area (Å²) in [6.45, 7) is 1.45. The zero-order valence-electron chi connectivity index (χ0n) is 13.7. The summed E-state index contributed by atoms with van der Waals surface area (Å²) in [5.41, 5.74) is 1.53. The molecule has 0 saturated carbocycles. The number of hydrogen-bond donors (Lipinski definition) is 2. The summed E-state index contributed by atoms with van der Waals surface area (Å²) in [6.07, 6.45) is 5.34. The molecule has 0 saturated heterocycles. The summed E-state index contributed by atoms with van der Waals surface area (Å²) in [7, 11) is 0. The third kappa shape index (κ3) is 4.33. The van der Waals surface area contributed by atoms with Crippen molar-refractivity contribution >= 4 is 28.8 Å². The van der Waals surface area contributed by atoms with Crippen LogP contribution in [0.1, 0.15) is 24.3 Å². The van der Waals surface area contributed by atoms with Crippen LogP contribution in [0.15, 0.2) is 60.5 Å². The number of amides is 2. The largest absolute Gasteiger partial charge is 0.348 e. The molecule has 25 heavy (non-hydrogen) atoms. The predicted octanol–water partition coefficient (Wildman–Crippen LogP) is 3.14. The number of thiophene rings is 1. The van der Waals surface area contributed by atoms with Gasteiger partial charge in [-0.3, -0.25) is 9.59 Å². The third-order valence-corrected chi connectivity index (χ3v) is 4.60. The highest BCUT2D eigenvalue weighted by Crippen LogP contribution is 2.24. The lowest BCUT2D eigenvalue weighted by Gasteiger charge is -2.17. The molecule has 0 spiro atoms. The van der Waals surface area contributed by atoms with Crippen molar-refractivity contribution in [2.75, 3.05) is 5.32 Å². The topological polar surface area (TPSA) is 76.0 Å². The number of para-hydroxylation sites is 2. The minimum atomic E-state index is -0.335. The molecule has 0 aliphatic heterocycles. The van der Waals surface area contributed by atoms with E-state index >= 15 is 0 Å². The molecule has 6 nitrogen and oxygen atoms in total. The molecule has 1 aromatic carbocycles. The number of nitrogens with one attached hydrogen (secondary N) is 2. The van der Waals surface area contributed by atoms with E-state index in [1.54, 1.807) is 12.5 Å². The van der Waals surface area contributed by atoms with Crippen LogP contribution < -0.4 is 10.6 Å². The van der Waals surface area contributed by atoms with Crippen LogP contribution in [0.4, 0.5) is 5.69 Å². The van der Waals surface area contributed by atoms with Crippen LogP contribution in [0.3, 0.4) is 0 Å². The van der Waals surface area contributed by atoms with E-state index in [4.69, 9.17) is 0 Å². The second-order valence-electron chi connectivity index (χ2n) is 5.51. The van der Waals surface area contributed by atoms with E-state index in [0.717, 1.165) is 10.6 Å². The fraction of sp³-hybridized carbons (Fsp3) is 0.167. The first-order valence-corrected chi connectivity index (χ1v) is 8.69. The third-order valence-electron chi connectivity index (χ3n) is 3.61. The molecule has 1 atom stereocenters. The van der Waals surface area contributed by atoms with Crippen LogP contribution in [0.25, 0.3) is 5.69 Å². The Bertz CT molecular complexity index is 844. The Kier molecular flexibility index (Phi) is 5.25. The van der Waals surface area contributed by atoms with Crippen LogP contribution in [0.2, 0.25) is 0 Å². The van der Waals surface area contributed by atoms with E-state index in [1.165, 1.54) is 18.3 Å². The van der Waals surface area contributed by atoms with Gasteiger partial charge in [0.25, 0.3) is 0 Å². The minimum Gasteiger partial charge on any atom is -0.348 e. The molecular formula is C18H18N4O2S. The smallest absolute Gasteiger partial charge is 0.226 e. The van der Waals surface area contributed by atoms with Crippen molar-refractivity contribution in [3.63, 3.8) is 0 Å². The molecular weight excluding hydrogens is 336 g/mol. The van der Waals surface area contributed by atoms with Gasteiger partial charge in [-0.2, -0.15) is 0 Å². The van der Waals surface area contributed by atoms with Gasteiger partial charge in [-0.05, 0) is 23.6 Å². The summed E-state index contributed by atoms with van der Waals surface area (Å²) in [4.78, 5) is 29.0. The number of rotatable bonds is 6. The van der Waals surface area contributed by atoms with Crippen molar-refractivity contribution in [2.24, 2.45) is 0 Å². The van der Waals surface area contributed by atoms with Crippen molar-refractivity contribution < 1.29 is 9.59 Å². The highest BCUT2D eigenvalue weighted by Gasteiger charge is 2.19. The quantitative estimate of drug-likeness (QED) is 0.714. The van der Waals surface area contributed by atoms with Gasteiger partial charge in [0.1, 0.15) is 0 Å². The van der Waals surface area contributed by atoms with Crippen LogP contribution in [-0.2, 0) is 9.59 Å². The average Bonchev–Trinajstić information content (AvgIpc) is 3.28. The Morgan fingerprint density at radius 2 is 2.08 bits per heavy atom. The predicted molar refractivity (Wildman–Crippen MR) is 97.7 cm³/mol. The molecule has 2 N–H and O–H groups in total. The van der Waals surface area contributed by atoms with Crippen LogP contribution >= 0.6 is 11.3 Å². The Hall–Kier alpha value is -2.93. The van der Waals surface area contributed by atoms with Crippen molar-refractivity contribution in [1.29, 1.82) is 0 Å². The molecule has 0 aliphatic carbocycles. The maximum atomic E-state index is 12.5. The first-order chi connectivity index (χ1) is 12.1. The zero-order valence-corrected chi connectivity index (χ0v) is 14.5. The lowest BCUT2D eigenvalue weighted by molar-refractivity contribution is -0.120. The van der Waals surface area contributed by atoms with Gasteiger partial charge in [0.2, 0.25) is 11.8 Å². The van der Waals surface area contributed by atoms with Gasteiger partial charge in [0.15, 0.2) is 0 Å². The molecule has 0 bridgehead atoms. The van der Waals surface area contributed by atoms with Gasteiger partial charge in [-0.15, -0.1) is 11.3 Å². The number of imidazole rings is 1. The molecule has 0 aliphatic rings. The molecule has 2 aromatic heterocycles. The number of benzene rings is 1. The van der Waals surface area contributed by atoms with Crippen LogP contribution in [0.5, 0.6) is 0 Å². The second-order valence-corrected chi connectivity index (χ2v) is 6.49. The first-order valence-electron chi connectivity index (χ1n) is 7.81. The van der Waals surface area contributed by atoms with E-state index in [2.05, 4.69) is 15.6 Å². The van der Waals surface area contributed by atoms with E-state index < -0.39 is 0 Å². The second kappa shape index (κ2) is 7.76. The number of nitrogens with zero attached hydrogens (tertiary/aromatic N) is 2. The summed E-state index contributed by atoms with van der Waals surface area (Å²) in [6, 6.07) is 11.0. The van der Waals surface area contributed by atoms with E-state index in [-0.39, 0.29) is 24.3 Å². The van der Waals surface area contributed by atoms with Gasteiger partial charge in [0, 0.05) is 24.2 Å². The normalized spacial score (nSPS) is 11.7. The van der Waals surface area contributed by atoms with Gasteiger partial charge in [0.05, 0.1) is 30.2 Å². The lowest BCUT2D eigenvalue weighted by atomic mass is 10.1. The Morgan fingerprint density at radius 3 is 2.76 bits per heavy atom. The Morgan fingerprint density at radius 1 is 1.24 bits per heavy atom. The number of hydrogen-bond acceptors (Lipinski definition) is 4. The van der Waals surface area contributed by atoms with Gasteiger partial charge in [-0.25, -0.2) is 4.98 Å². The Labute approximate surface area is 149 Å². The zero-order chi connectivity index (χ0) is 17.6. The molecule has 0 fully saturated rings. The fourth-order valence-electron chi connectivity index (χ4n) is 2.55. The molecule has 3 rings (SSSR count). The highest BCUT2D eigenvalue weighted by molar-refractivity contribution is 7.10. The van der Waals surface area contributed by atoms with Crippen LogP contribution in [0, 0.1) is 0 Å². The Balaban J connectivity index is 1.75. The average molecular weight is 354 g/mol. The number of carbonyl (C=O) groups excluding carboxylic acids is 2. The molecule has 2 amide bonds. The number of carbonyl (C=O) groups is 2. The lowest BCUT2D eigenvalue weighted by Crippen LogP contribution is -2.29. The minimum absolute atomic E-state index is 0.162. The molecule has 0 radical (unpaired) electrons. The van der Waals surface area contributed by atoms with Crippen molar-refractivity contribution in [1.82, 2.24) is 14.9 Å². The van der Waals surface area contributed by atoms with Crippen molar-refractivity contribution in [3.05, 3.63) is 65.4 Å². The maximum absolute atomic E-state index is 12.5. The molecule has 128 valence electrons. The molecule has 1 unspecified atom stereocenters. The van der Waals surface area contributed by atoms with Crippen LogP contribution in [-0.4, -0.2) is 21.4 Å². The van der Waals surface area contributed by atoms with Gasteiger partial charge >= 0.3 is 0 Å². The van der Waals surface area contributed by atoms with Gasteiger partial charge < -0.3 is 15.2 Å². The van der Waals surface area contributed by atoms with Gasteiger partial charge in [-0.1, -0.05) is 18.2 Å². The summed E-state index contributed by atoms with van der Waals surface area (Å²) in [5.74, 6) is -0.329. The highest BCUT2D eigenvalue weighted by atomic mass is 32.1. The van der Waals surface area contributed by atoms with Crippen molar-refractivity contribution in [3.8, 4) is 5.69 Å². The van der Waals surface area contributed by atoms with E-state index in [1.807, 2.05) is 52.5 Å². The van der Waals surface area contributed by atoms with Crippen molar-refractivity contribution in [2.45, 2.75) is 19.4 Å². The number of aromatic nitrogens is 2. The SMILES string of the molecule is CC(=O)NC(CC(=O)Nc1ccccc1-n1ccnc1)c1cccs1. The monoisotopic (exact) mass is 354 g/mol. The summed E-state index contributed by atoms with van der Waals surface area (Å²) < 4.78 is 1.83. The summed E-state index contributed by atoms with van der Waals surface area (Å²) >= 11 is 1.52.